The van der Waals surface area contributed by atoms with Crippen LogP contribution in [0.15, 0.2) is 166 Å². The number of fused-ring (bicyclic) bond motifs is 1. The van der Waals surface area contributed by atoms with Gasteiger partial charge >= 0.3 is 0 Å². The average Bonchev–Trinajstić information content (AvgIpc) is 3.13. The fourth-order valence-electron chi connectivity index (χ4n) is 4.74. The molecular formula is C34H25N9O8S2. The van der Waals surface area contributed by atoms with E-state index in [2.05, 4.69) is 40.9 Å². The molecule has 0 fully saturated rings. The van der Waals surface area contributed by atoms with Gasteiger partial charge in [-0.15, -0.1) is 10.2 Å². The third kappa shape index (κ3) is 8.57. The van der Waals surface area contributed by atoms with E-state index in [1.807, 2.05) is 0 Å². The van der Waals surface area contributed by atoms with Crippen LogP contribution in [0.2, 0.25) is 0 Å². The van der Waals surface area contributed by atoms with Gasteiger partial charge < -0.3 is 15.9 Å². The topological polar surface area (TPSA) is 274 Å². The molecule has 0 aromatic heterocycles. The molecule has 0 atom stereocenters. The van der Waals surface area contributed by atoms with Gasteiger partial charge in [0.2, 0.25) is 0 Å². The quantitative estimate of drug-likeness (QED) is 0.0505. The Labute approximate surface area is 300 Å². The van der Waals surface area contributed by atoms with Crippen LogP contribution in [0.4, 0.5) is 51.2 Å². The van der Waals surface area contributed by atoms with Gasteiger partial charge in [0.25, 0.3) is 20.2 Å². The van der Waals surface area contributed by atoms with Crippen molar-refractivity contribution in [1.82, 2.24) is 0 Å². The lowest BCUT2D eigenvalue weighted by atomic mass is 10.1. The first-order chi connectivity index (χ1) is 25.3. The third-order valence-electron chi connectivity index (χ3n) is 7.27. The summed E-state index contributed by atoms with van der Waals surface area (Å²) >= 11 is 0. The molecule has 53 heavy (non-hydrogen) atoms. The summed E-state index contributed by atoms with van der Waals surface area (Å²) in [6.45, 7) is 0. The van der Waals surface area contributed by atoms with Gasteiger partial charge in [0, 0.05) is 0 Å². The van der Waals surface area contributed by atoms with Crippen LogP contribution in [-0.4, -0.2) is 36.2 Å². The van der Waals surface area contributed by atoms with Crippen LogP contribution < -0.4 is 5.73 Å². The van der Waals surface area contributed by atoms with E-state index < -0.39 is 52.8 Å². The first-order valence-electron chi connectivity index (χ1n) is 15.0. The second-order valence-electron chi connectivity index (χ2n) is 10.9. The van der Waals surface area contributed by atoms with E-state index in [-0.39, 0.29) is 22.2 Å². The van der Waals surface area contributed by atoms with Crippen molar-refractivity contribution in [3.63, 3.8) is 0 Å². The number of rotatable bonds is 10. The Kier molecular flexibility index (Phi) is 10.1. The minimum Gasteiger partial charge on any atom is -0.508 e. The molecule has 0 radical (unpaired) electrons. The summed E-state index contributed by atoms with van der Waals surface area (Å²) in [5.41, 5.74) is 7.07. The molecule has 6 rings (SSSR count). The molecule has 0 saturated heterocycles. The van der Waals surface area contributed by atoms with Crippen LogP contribution in [0.25, 0.3) is 10.8 Å². The van der Waals surface area contributed by atoms with Gasteiger partial charge in [-0.2, -0.15) is 47.5 Å². The Morgan fingerprint density at radius 3 is 1.21 bits per heavy atom. The van der Waals surface area contributed by atoms with Crippen molar-refractivity contribution in [3.05, 3.63) is 115 Å². The number of azo groups is 4. The van der Waals surface area contributed by atoms with Crippen molar-refractivity contribution in [3.8, 4) is 11.5 Å². The Morgan fingerprint density at radius 2 is 0.792 bits per heavy atom. The zero-order valence-electron chi connectivity index (χ0n) is 26.9. The van der Waals surface area contributed by atoms with Crippen LogP contribution in [-0.2, 0) is 20.2 Å². The number of nitrogens with zero attached hydrogens (tertiary/aromatic N) is 8. The Balaban J connectivity index is 1.27. The van der Waals surface area contributed by atoms with Crippen molar-refractivity contribution >= 4 is 82.2 Å². The highest BCUT2D eigenvalue weighted by atomic mass is 32.2. The van der Waals surface area contributed by atoms with Crippen molar-refractivity contribution in [2.24, 2.45) is 40.9 Å². The zero-order valence-corrected chi connectivity index (χ0v) is 28.5. The highest BCUT2D eigenvalue weighted by molar-refractivity contribution is 7.86. The smallest absolute Gasteiger partial charge is 0.296 e. The summed E-state index contributed by atoms with van der Waals surface area (Å²) < 4.78 is 69.2. The van der Waals surface area contributed by atoms with Gasteiger partial charge in [-0.3, -0.25) is 9.11 Å². The Morgan fingerprint density at radius 1 is 0.453 bits per heavy atom. The summed E-state index contributed by atoms with van der Waals surface area (Å²) in [4.78, 5) is -1.76. The highest BCUT2D eigenvalue weighted by Crippen LogP contribution is 2.48. The minimum absolute atomic E-state index is 0.126. The first kappa shape index (κ1) is 36.0. The molecule has 0 spiro atoms. The van der Waals surface area contributed by atoms with Crippen molar-refractivity contribution in [1.29, 1.82) is 0 Å². The van der Waals surface area contributed by atoms with E-state index in [9.17, 15) is 36.2 Å². The maximum atomic E-state index is 12.4. The molecule has 6 N–H and O–H groups in total. The Hall–Kier alpha value is -6.80. The SMILES string of the molecule is Nc1c(N=Nc2ccccc2)c(S(=O)(=O)O)cc2cc(S(=O)(=O)O)c(N=Nc3ccc(N=Nc4ccc(N=Nc5ccc(O)cc5)cc4)cc3)c(O)c12. The Bertz CT molecular complexity index is 2670. The lowest BCUT2D eigenvalue weighted by molar-refractivity contribution is 0.472. The number of hydrogen-bond donors (Lipinski definition) is 5. The number of nitrogens with two attached hydrogens (primary N) is 1. The normalized spacial score (nSPS) is 12.6. The summed E-state index contributed by atoms with van der Waals surface area (Å²) in [5.74, 6) is -0.756. The number of benzene rings is 6. The van der Waals surface area contributed by atoms with E-state index in [4.69, 9.17) is 5.73 Å². The molecule has 0 saturated carbocycles. The lowest BCUT2D eigenvalue weighted by Crippen LogP contribution is -2.03. The monoisotopic (exact) mass is 751 g/mol. The average molecular weight is 752 g/mol. The predicted molar refractivity (Wildman–Crippen MR) is 194 cm³/mol. The number of hydrogen-bond acceptors (Lipinski definition) is 15. The molecular weight excluding hydrogens is 727 g/mol. The standard InChI is InChI=1S/C34H25N9O8S2/c35-31-30-20(18-28(52(46,47)48)32(31)42-40-21-4-2-1-3-5-21)19-29(53(49,50)51)33(34(30)45)43-41-25-12-10-24(11-13-25)37-36-22-6-8-23(9-7-22)38-39-26-14-16-27(44)17-15-26/h1-19,44-45H,35H2,(H,46,47,48)(H,49,50,51). The van der Waals surface area contributed by atoms with Gasteiger partial charge in [0.15, 0.2) is 5.75 Å². The summed E-state index contributed by atoms with van der Waals surface area (Å²) in [6.07, 6.45) is 0. The number of anilines is 1. The highest BCUT2D eigenvalue weighted by Gasteiger charge is 2.28. The van der Waals surface area contributed by atoms with Crippen molar-refractivity contribution in [2.75, 3.05) is 5.73 Å². The van der Waals surface area contributed by atoms with Crippen molar-refractivity contribution < 1.29 is 36.2 Å². The zero-order chi connectivity index (χ0) is 37.8. The van der Waals surface area contributed by atoms with Crippen LogP contribution >= 0.6 is 0 Å². The van der Waals surface area contributed by atoms with E-state index in [0.29, 0.717) is 28.4 Å². The summed E-state index contributed by atoms with van der Waals surface area (Å²) in [5, 5.41) is 52.3. The van der Waals surface area contributed by atoms with Crippen LogP contribution in [0, 0.1) is 0 Å². The van der Waals surface area contributed by atoms with Gasteiger partial charge in [-0.05, 0) is 102 Å². The summed E-state index contributed by atoms with van der Waals surface area (Å²) in [7, 11) is -10.1. The van der Waals surface area contributed by atoms with E-state index in [1.165, 1.54) is 24.3 Å². The molecule has 6 aromatic rings. The van der Waals surface area contributed by atoms with Crippen LogP contribution in [0.1, 0.15) is 0 Å². The van der Waals surface area contributed by atoms with Crippen LogP contribution in [0.3, 0.4) is 0 Å². The fourth-order valence-corrected chi connectivity index (χ4v) is 6.07. The van der Waals surface area contributed by atoms with Gasteiger partial charge in [0.1, 0.15) is 26.9 Å². The number of phenols is 2. The number of aromatic hydroxyl groups is 2. The summed E-state index contributed by atoms with van der Waals surface area (Å²) in [6, 6.07) is 28.8. The maximum Gasteiger partial charge on any atom is 0.296 e. The molecule has 0 bridgehead atoms. The second kappa shape index (κ2) is 14.8. The fraction of sp³-hybridized carbons (Fsp3) is 0. The predicted octanol–water partition coefficient (Wildman–Crippen LogP) is 9.99. The van der Waals surface area contributed by atoms with Crippen molar-refractivity contribution in [2.45, 2.75) is 9.79 Å². The molecule has 0 aliphatic heterocycles. The molecule has 19 heteroatoms. The molecule has 0 aliphatic carbocycles. The molecule has 0 heterocycles. The molecule has 0 unspecified atom stereocenters. The lowest BCUT2D eigenvalue weighted by Gasteiger charge is -2.14. The number of phenolic OH excluding ortho intramolecular Hbond substituents is 2. The van der Waals surface area contributed by atoms with E-state index in [0.717, 1.165) is 12.1 Å². The van der Waals surface area contributed by atoms with Gasteiger partial charge in [-0.25, -0.2) is 0 Å². The van der Waals surface area contributed by atoms with Crippen LogP contribution in [0.5, 0.6) is 11.5 Å². The molecule has 266 valence electrons. The van der Waals surface area contributed by atoms with E-state index in [1.54, 1.807) is 78.9 Å². The second-order valence-corrected chi connectivity index (χ2v) is 13.7. The first-order valence-corrected chi connectivity index (χ1v) is 17.9. The van der Waals surface area contributed by atoms with Gasteiger partial charge in [-0.1, -0.05) is 18.2 Å². The third-order valence-corrected chi connectivity index (χ3v) is 9.00. The maximum absolute atomic E-state index is 12.4. The molecule has 6 aromatic carbocycles. The molecule has 0 amide bonds. The molecule has 0 aliphatic rings. The molecule has 17 nitrogen and oxygen atoms in total. The van der Waals surface area contributed by atoms with E-state index >= 15 is 0 Å². The number of nitrogen functional groups attached to an aromatic ring is 1. The largest absolute Gasteiger partial charge is 0.508 e. The minimum atomic E-state index is -5.09. The van der Waals surface area contributed by atoms with Gasteiger partial charge in [0.05, 0.1) is 45.2 Å².